The molecule has 2 rings (SSSR count). The minimum atomic E-state index is -0.0940. The SMILES string of the molecule is CC(=O)Nc1ccc(NCCC(=O)N(Cc2ccccc2)C(C)C)cc1. The molecule has 0 saturated heterocycles. The largest absolute Gasteiger partial charge is 0.385 e. The summed E-state index contributed by atoms with van der Waals surface area (Å²) in [5.41, 5.74) is 2.81. The van der Waals surface area contributed by atoms with Crippen molar-refractivity contribution in [1.82, 2.24) is 4.90 Å². The van der Waals surface area contributed by atoms with E-state index in [0.717, 1.165) is 16.9 Å². The Morgan fingerprint density at radius 2 is 1.58 bits per heavy atom. The second-order valence-corrected chi connectivity index (χ2v) is 6.54. The molecule has 0 atom stereocenters. The normalized spacial score (nSPS) is 10.5. The van der Waals surface area contributed by atoms with Crippen LogP contribution in [0, 0.1) is 0 Å². The second kappa shape index (κ2) is 9.61. The smallest absolute Gasteiger partial charge is 0.224 e. The number of nitrogens with one attached hydrogen (secondary N) is 2. The molecule has 5 heteroatoms. The second-order valence-electron chi connectivity index (χ2n) is 6.54. The van der Waals surface area contributed by atoms with Gasteiger partial charge in [-0.15, -0.1) is 0 Å². The van der Waals surface area contributed by atoms with E-state index >= 15 is 0 Å². The van der Waals surface area contributed by atoms with Crippen LogP contribution in [0.5, 0.6) is 0 Å². The molecule has 0 unspecified atom stereocenters. The average Bonchev–Trinajstić information content (AvgIpc) is 2.61. The first kappa shape index (κ1) is 19.5. The summed E-state index contributed by atoms with van der Waals surface area (Å²) in [4.78, 5) is 25.5. The Morgan fingerprint density at radius 1 is 0.962 bits per heavy atom. The van der Waals surface area contributed by atoms with Crippen molar-refractivity contribution in [3.8, 4) is 0 Å². The quantitative estimate of drug-likeness (QED) is 0.757. The maximum absolute atomic E-state index is 12.6. The van der Waals surface area contributed by atoms with E-state index in [1.165, 1.54) is 6.92 Å². The van der Waals surface area contributed by atoms with Crippen LogP contribution in [0.4, 0.5) is 11.4 Å². The van der Waals surface area contributed by atoms with Crippen LogP contribution in [0.1, 0.15) is 32.8 Å². The van der Waals surface area contributed by atoms with Crippen LogP contribution >= 0.6 is 0 Å². The van der Waals surface area contributed by atoms with Gasteiger partial charge in [-0.2, -0.15) is 0 Å². The van der Waals surface area contributed by atoms with E-state index in [1.54, 1.807) is 0 Å². The molecule has 138 valence electrons. The molecule has 2 N–H and O–H groups in total. The zero-order valence-corrected chi connectivity index (χ0v) is 15.7. The fraction of sp³-hybridized carbons (Fsp3) is 0.333. The van der Waals surface area contributed by atoms with Gasteiger partial charge in [0.2, 0.25) is 11.8 Å². The zero-order valence-electron chi connectivity index (χ0n) is 15.7. The van der Waals surface area contributed by atoms with Gasteiger partial charge >= 0.3 is 0 Å². The summed E-state index contributed by atoms with van der Waals surface area (Å²) in [5, 5.41) is 5.98. The van der Waals surface area contributed by atoms with E-state index in [9.17, 15) is 9.59 Å². The lowest BCUT2D eigenvalue weighted by Gasteiger charge is -2.27. The van der Waals surface area contributed by atoms with Gasteiger partial charge in [-0.3, -0.25) is 9.59 Å². The van der Waals surface area contributed by atoms with Crippen molar-refractivity contribution in [2.45, 2.75) is 39.8 Å². The van der Waals surface area contributed by atoms with E-state index < -0.39 is 0 Å². The summed E-state index contributed by atoms with van der Waals surface area (Å²) in [6.07, 6.45) is 0.429. The summed E-state index contributed by atoms with van der Waals surface area (Å²) in [6, 6.07) is 17.6. The van der Waals surface area contributed by atoms with Crippen LogP contribution in [0.3, 0.4) is 0 Å². The first-order valence-electron chi connectivity index (χ1n) is 8.90. The lowest BCUT2D eigenvalue weighted by Crippen LogP contribution is -2.37. The Hall–Kier alpha value is -2.82. The highest BCUT2D eigenvalue weighted by Gasteiger charge is 2.16. The lowest BCUT2D eigenvalue weighted by molar-refractivity contribution is -0.133. The fourth-order valence-corrected chi connectivity index (χ4v) is 2.67. The van der Waals surface area contributed by atoms with Gasteiger partial charge in [0.25, 0.3) is 0 Å². The summed E-state index contributed by atoms with van der Waals surface area (Å²) >= 11 is 0. The van der Waals surface area contributed by atoms with Gasteiger partial charge < -0.3 is 15.5 Å². The number of benzene rings is 2. The number of carbonyl (C=O) groups is 2. The van der Waals surface area contributed by atoms with E-state index in [0.29, 0.717) is 19.5 Å². The first-order valence-corrected chi connectivity index (χ1v) is 8.90. The number of amides is 2. The van der Waals surface area contributed by atoms with Crippen molar-refractivity contribution >= 4 is 23.2 Å². The van der Waals surface area contributed by atoms with Crippen LogP contribution < -0.4 is 10.6 Å². The summed E-state index contributed by atoms with van der Waals surface area (Å²) < 4.78 is 0. The molecule has 0 bridgehead atoms. The number of rotatable bonds is 8. The topological polar surface area (TPSA) is 61.4 Å². The Labute approximate surface area is 155 Å². The Bertz CT molecular complexity index is 712. The molecule has 26 heavy (non-hydrogen) atoms. The van der Waals surface area contributed by atoms with E-state index in [-0.39, 0.29) is 17.9 Å². The van der Waals surface area contributed by atoms with Gasteiger partial charge in [0.05, 0.1) is 0 Å². The molecule has 2 aromatic rings. The highest BCUT2D eigenvalue weighted by atomic mass is 16.2. The van der Waals surface area contributed by atoms with Crippen molar-refractivity contribution in [2.75, 3.05) is 17.2 Å². The van der Waals surface area contributed by atoms with Gasteiger partial charge in [0, 0.05) is 43.9 Å². The molecule has 2 aromatic carbocycles. The molecule has 0 spiro atoms. The molecule has 0 radical (unpaired) electrons. The molecule has 0 aromatic heterocycles. The predicted molar refractivity (Wildman–Crippen MR) is 106 cm³/mol. The van der Waals surface area contributed by atoms with Crippen molar-refractivity contribution in [3.05, 3.63) is 60.2 Å². The maximum atomic E-state index is 12.6. The highest BCUT2D eigenvalue weighted by molar-refractivity contribution is 5.88. The van der Waals surface area contributed by atoms with E-state index in [1.807, 2.05) is 73.3 Å². The van der Waals surface area contributed by atoms with Gasteiger partial charge in [-0.05, 0) is 43.7 Å². The molecule has 2 amide bonds. The monoisotopic (exact) mass is 353 g/mol. The molecule has 5 nitrogen and oxygen atoms in total. The molecule has 0 heterocycles. The Morgan fingerprint density at radius 3 is 2.15 bits per heavy atom. The van der Waals surface area contributed by atoms with Gasteiger partial charge in [0.15, 0.2) is 0 Å². The lowest BCUT2D eigenvalue weighted by atomic mass is 10.1. The Balaban J connectivity index is 1.84. The molecular formula is C21H27N3O2. The fourth-order valence-electron chi connectivity index (χ4n) is 2.67. The average molecular weight is 353 g/mol. The molecular weight excluding hydrogens is 326 g/mol. The van der Waals surface area contributed by atoms with Crippen LogP contribution in [0.15, 0.2) is 54.6 Å². The van der Waals surface area contributed by atoms with Gasteiger partial charge in [-0.1, -0.05) is 30.3 Å². The third kappa shape index (κ3) is 6.24. The summed E-state index contributed by atoms with van der Waals surface area (Å²) in [6.45, 7) is 6.75. The van der Waals surface area contributed by atoms with Crippen LogP contribution in [0.2, 0.25) is 0 Å². The highest BCUT2D eigenvalue weighted by Crippen LogP contribution is 2.14. The molecule has 0 aliphatic rings. The van der Waals surface area contributed by atoms with Crippen LogP contribution in [0.25, 0.3) is 0 Å². The molecule has 0 aliphatic heterocycles. The third-order valence-corrected chi connectivity index (χ3v) is 4.01. The van der Waals surface area contributed by atoms with Crippen molar-refractivity contribution < 1.29 is 9.59 Å². The summed E-state index contributed by atoms with van der Waals surface area (Å²) in [7, 11) is 0. The van der Waals surface area contributed by atoms with Crippen molar-refractivity contribution in [3.63, 3.8) is 0 Å². The molecule has 0 aliphatic carbocycles. The number of nitrogens with zero attached hydrogens (tertiary/aromatic N) is 1. The third-order valence-electron chi connectivity index (χ3n) is 4.01. The number of anilines is 2. The molecule has 0 saturated carbocycles. The van der Waals surface area contributed by atoms with Crippen LogP contribution in [-0.2, 0) is 16.1 Å². The van der Waals surface area contributed by atoms with Gasteiger partial charge in [0.1, 0.15) is 0 Å². The number of carbonyl (C=O) groups excluding carboxylic acids is 2. The zero-order chi connectivity index (χ0) is 18.9. The molecule has 0 fully saturated rings. The minimum Gasteiger partial charge on any atom is -0.385 e. The van der Waals surface area contributed by atoms with E-state index in [2.05, 4.69) is 10.6 Å². The van der Waals surface area contributed by atoms with Crippen molar-refractivity contribution in [1.29, 1.82) is 0 Å². The van der Waals surface area contributed by atoms with E-state index in [4.69, 9.17) is 0 Å². The number of hydrogen-bond donors (Lipinski definition) is 2. The minimum absolute atomic E-state index is 0.0940. The van der Waals surface area contributed by atoms with Crippen molar-refractivity contribution in [2.24, 2.45) is 0 Å². The van der Waals surface area contributed by atoms with Crippen LogP contribution in [-0.4, -0.2) is 29.3 Å². The number of hydrogen-bond acceptors (Lipinski definition) is 3. The van der Waals surface area contributed by atoms with Gasteiger partial charge in [-0.25, -0.2) is 0 Å². The maximum Gasteiger partial charge on any atom is 0.224 e. The standard InChI is InChI=1S/C21H27N3O2/c1-16(2)24(15-18-7-5-4-6-8-18)21(26)13-14-22-19-9-11-20(12-10-19)23-17(3)25/h4-12,16,22H,13-15H2,1-3H3,(H,23,25). The Kier molecular flexibility index (Phi) is 7.21. The predicted octanol–water partition coefficient (Wildman–Crippen LogP) is 3.88. The first-order chi connectivity index (χ1) is 12.5. The summed E-state index contributed by atoms with van der Waals surface area (Å²) in [5.74, 6) is 0.0368.